The van der Waals surface area contributed by atoms with Crippen LogP contribution in [0.4, 0.5) is 0 Å². The van der Waals surface area contributed by atoms with Gasteiger partial charge in [-0.15, -0.1) is 0 Å². The lowest BCUT2D eigenvalue weighted by Crippen LogP contribution is -2.47. The molecule has 0 saturated carbocycles. The van der Waals surface area contributed by atoms with Crippen LogP contribution >= 0.6 is 12.2 Å². The van der Waals surface area contributed by atoms with E-state index in [0.29, 0.717) is 13.0 Å². The Morgan fingerprint density at radius 3 is 2.23 bits per heavy atom. The summed E-state index contributed by atoms with van der Waals surface area (Å²) < 4.78 is 0. The molecule has 0 aliphatic heterocycles. The summed E-state index contributed by atoms with van der Waals surface area (Å²) >= 11 is 4.90. The van der Waals surface area contributed by atoms with Crippen molar-refractivity contribution < 1.29 is 4.79 Å². The summed E-state index contributed by atoms with van der Waals surface area (Å²) in [5.74, 6) is 0.00463. The van der Waals surface area contributed by atoms with E-state index in [1.54, 1.807) is 18.9 Å². The Labute approximate surface area is 85.3 Å². The molecule has 13 heavy (non-hydrogen) atoms. The number of nitrogens with two attached hydrogens (primary N) is 1. The lowest BCUT2D eigenvalue weighted by Gasteiger charge is -2.30. The van der Waals surface area contributed by atoms with Gasteiger partial charge in [0.2, 0.25) is 5.91 Å². The number of carbonyl (C=O) groups is 1. The van der Waals surface area contributed by atoms with Crippen LogP contribution in [0.25, 0.3) is 0 Å². The Morgan fingerprint density at radius 2 is 2.00 bits per heavy atom. The van der Waals surface area contributed by atoms with Crippen LogP contribution < -0.4 is 5.73 Å². The third kappa shape index (κ3) is 2.40. The van der Waals surface area contributed by atoms with Crippen LogP contribution in [0.15, 0.2) is 0 Å². The monoisotopic (exact) mass is 202 g/mol. The first kappa shape index (κ1) is 12.4. The maximum atomic E-state index is 11.8. The number of rotatable bonds is 4. The SMILES string of the molecule is CCN(C)C(=O)C(C)(CC)C(N)=S. The molecule has 0 aromatic carbocycles. The van der Waals surface area contributed by atoms with E-state index < -0.39 is 5.41 Å². The predicted molar refractivity (Wildman–Crippen MR) is 58.5 cm³/mol. The first-order valence-electron chi connectivity index (χ1n) is 4.45. The Morgan fingerprint density at radius 1 is 1.54 bits per heavy atom. The zero-order valence-electron chi connectivity index (χ0n) is 8.76. The van der Waals surface area contributed by atoms with Crippen molar-refractivity contribution in [2.45, 2.75) is 27.2 Å². The molecule has 0 heterocycles. The lowest BCUT2D eigenvalue weighted by molar-refractivity contribution is -0.136. The highest BCUT2D eigenvalue weighted by Crippen LogP contribution is 2.23. The average Bonchev–Trinajstić information content (AvgIpc) is 2.13. The van der Waals surface area contributed by atoms with Crippen LogP contribution in [0.5, 0.6) is 0 Å². The molecule has 0 fully saturated rings. The molecule has 1 atom stereocenters. The maximum absolute atomic E-state index is 11.8. The standard InChI is InChI=1S/C9H18N2OS/c1-5-9(3,7(10)13)8(12)11(4)6-2/h5-6H2,1-4H3,(H2,10,13). The summed E-state index contributed by atoms with van der Waals surface area (Å²) in [6.45, 7) is 6.31. The minimum atomic E-state index is -0.680. The van der Waals surface area contributed by atoms with Crippen molar-refractivity contribution >= 4 is 23.1 Å². The van der Waals surface area contributed by atoms with Gasteiger partial charge in [0.05, 0.1) is 10.4 Å². The van der Waals surface area contributed by atoms with Gasteiger partial charge in [-0.25, -0.2) is 0 Å². The first-order valence-corrected chi connectivity index (χ1v) is 4.86. The second-order valence-corrected chi connectivity index (χ2v) is 3.81. The van der Waals surface area contributed by atoms with Crippen LogP contribution in [-0.2, 0) is 4.79 Å². The Balaban J connectivity index is 4.77. The van der Waals surface area contributed by atoms with Gasteiger partial charge in [0.15, 0.2) is 0 Å². The molecule has 0 aromatic heterocycles. The topological polar surface area (TPSA) is 46.3 Å². The number of hydrogen-bond acceptors (Lipinski definition) is 2. The van der Waals surface area contributed by atoms with Gasteiger partial charge >= 0.3 is 0 Å². The number of hydrogen-bond donors (Lipinski definition) is 1. The van der Waals surface area contributed by atoms with Crippen LogP contribution in [-0.4, -0.2) is 29.4 Å². The van der Waals surface area contributed by atoms with Crippen molar-refractivity contribution in [2.75, 3.05) is 13.6 Å². The summed E-state index contributed by atoms with van der Waals surface area (Å²) in [5, 5.41) is 0. The Hall–Kier alpha value is -0.640. The molecular formula is C9H18N2OS. The van der Waals surface area contributed by atoms with E-state index >= 15 is 0 Å². The summed E-state index contributed by atoms with van der Waals surface area (Å²) in [5.41, 5.74) is 4.88. The zero-order valence-corrected chi connectivity index (χ0v) is 9.57. The molecule has 0 bridgehead atoms. The van der Waals surface area contributed by atoms with E-state index in [2.05, 4.69) is 0 Å². The van der Waals surface area contributed by atoms with E-state index in [9.17, 15) is 4.79 Å². The van der Waals surface area contributed by atoms with E-state index in [1.807, 2.05) is 13.8 Å². The molecule has 0 rings (SSSR count). The Kier molecular flexibility index (Phi) is 4.33. The van der Waals surface area contributed by atoms with E-state index in [1.165, 1.54) is 0 Å². The highest BCUT2D eigenvalue weighted by molar-refractivity contribution is 7.80. The molecule has 76 valence electrons. The predicted octanol–water partition coefficient (Wildman–Crippen LogP) is 1.17. The minimum Gasteiger partial charge on any atom is -0.392 e. The lowest BCUT2D eigenvalue weighted by atomic mass is 9.86. The van der Waals surface area contributed by atoms with Crippen molar-refractivity contribution in [1.82, 2.24) is 4.90 Å². The summed E-state index contributed by atoms with van der Waals surface area (Å²) in [6.07, 6.45) is 0.644. The summed E-state index contributed by atoms with van der Waals surface area (Å²) in [7, 11) is 1.76. The van der Waals surface area contributed by atoms with E-state index in [4.69, 9.17) is 18.0 Å². The molecule has 4 heteroatoms. The molecule has 1 amide bonds. The van der Waals surface area contributed by atoms with Gasteiger partial charge in [-0.2, -0.15) is 0 Å². The molecule has 0 radical (unpaired) electrons. The van der Waals surface area contributed by atoms with Gasteiger partial charge in [0.25, 0.3) is 0 Å². The fourth-order valence-corrected chi connectivity index (χ4v) is 1.23. The molecule has 0 aromatic rings. The Bertz CT molecular complexity index is 218. The molecular weight excluding hydrogens is 184 g/mol. The van der Waals surface area contributed by atoms with Gasteiger partial charge in [-0.1, -0.05) is 19.1 Å². The smallest absolute Gasteiger partial charge is 0.235 e. The first-order chi connectivity index (χ1) is 5.90. The number of nitrogens with zero attached hydrogens (tertiary/aromatic N) is 1. The zero-order chi connectivity index (χ0) is 10.6. The van der Waals surface area contributed by atoms with Gasteiger partial charge in [-0.3, -0.25) is 4.79 Å². The molecule has 1 unspecified atom stereocenters. The fraction of sp³-hybridized carbons (Fsp3) is 0.778. The van der Waals surface area contributed by atoms with Crippen molar-refractivity contribution in [3.05, 3.63) is 0 Å². The highest BCUT2D eigenvalue weighted by atomic mass is 32.1. The molecule has 0 aliphatic rings. The van der Waals surface area contributed by atoms with Crippen molar-refractivity contribution in [2.24, 2.45) is 11.1 Å². The molecule has 3 nitrogen and oxygen atoms in total. The maximum Gasteiger partial charge on any atom is 0.235 e. The van der Waals surface area contributed by atoms with Gasteiger partial charge in [0.1, 0.15) is 0 Å². The van der Waals surface area contributed by atoms with Crippen LogP contribution in [0, 0.1) is 5.41 Å². The average molecular weight is 202 g/mol. The fourth-order valence-electron chi connectivity index (χ4n) is 0.996. The van der Waals surface area contributed by atoms with E-state index in [0.717, 1.165) is 0 Å². The highest BCUT2D eigenvalue weighted by Gasteiger charge is 2.36. The van der Waals surface area contributed by atoms with Gasteiger partial charge in [0, 0.05) is 13.6 Å². The van der Waals surface area contributed by atoms with Gasteiger partial charge < -0.3 is 10.6 Å². The van der Waals surface area contributed by atoms with Crippen molar-refractivity contribution in [3.63, 3.8) is 0 Å². The third-order valence-electron chi connectivity index (χ3n) is 2.54. The normalized spacial score (nSPS) is 14.8. The second-order valence-electron chi connectivity index (χ2n) is 3.37. The number of amides is 1. The van der Waals surface area contributed by atoms with Crippen molar-refractivity contribution in [3.8, 4) is 0 Å². The van der Waals surface area contributed by atoms with Gasteiger partial charge in [-0.05, 0) is 20.3 Å². The second kappa shape index (κ2) is 4.56. The van der Waals surface area contributed by atoms with Crippen LogP contribution in [0.3, 0.4) is 0 Å². The molecule has 0 aliphatic carbocycles. The molecule has 0 spiro atoms. The number of thiocarbonyl (C=S) groups is 1. The third-order valence-corrected chi connectivity index (χ3v) is 2.99. The quantitative estimate of drug-likeness (QED) is 0.696. The van der Waals surface area contributed by atoms with Crippen LogP contribution in [0.2, 0.25) is 0 Å². The summed E-state index contributed by atoms with van der Waals surface area (Å²) in [4.78, 5) is 13.7. The van der Waals surface area contributed by atoms with E-state index in [-0.39, 0.29) is 10.9 Å². The van der Waals surface area contributed by atoms with Crippen LogP contribution in [0.1, 0.15) is 27.2 Å². The van der Waals surface area contributed by atoms with Crippen molar-refractivity contribution in [1.29, 1.82) is 0 Å². The minimum absolute atomic E-state index is 0.00463. The summed E-state index contributed by atoms with van der Waals surface area (Å²) in [6, 6.07) is 0. The molecule has 0 saturated heterocycles. The number of carbonyl (C=O) groups excluding carboxylic acids is 1. The molecule has 2 N–H and O–H groups in total. The largest absolute Gasteiger partial charge is 0.392 e.